The minimum Gasteiger partial charge on any atom is -0.358 e. The van der Waals surface area contributed by atoms with Crippen LogP contribution >= 0.6 is 0 Å². The zero-order chi connectivity index (χ0) is 25.7. The lowest BCUT2D eigenvalue weighted by molar-refractivity contribution is -0.141. The molecule has 36 heavy (non-hydrogen) atoms. The third kappa shape index (κ3) is 6.10. The van der Waals surface area contributed by atoms with Crippen LogP contribution in [0.25, 0.3) is 0 Å². The summed E-state index contributed by atoms with van der Waals surface area (Å²) in [6.45, 7) is 0.401. The van der Waals surface area contributed by atoms with Gasteiger partial charge in [0.15, 0.2) is 0 Å². The van der Waals surface area contributed by atoms with Crippen LogP contribution in [-0.4, -0.2) is 24.5 Å². The molecular formula is C28H29F4N3O. The maximum atomic E-state index is 13.4. The van der Waals surface area contributed by atoms with Gasteiger partial charge in [0, 0.05) is 19.2 Å². The number of alkyl halides is 3. The first-order valence-electron chi connectivity index (χ1n) is 12.1. The van der Waals surface area contributed by atoms with Gasteiger partial charge in [0.1, 0.15) is 17.6 Å². The van der Waals surface area contributed by atoms with Crippen LogP contribution in [0.3, 0.4) is 0 Å². The second kappa shape index (κ2) is 11.2. The van der Waals surface area contributed by atoms with Crippen molar-refractivity contribution in [1.82, 2.24) is 15.6 Å². The van der Waals surface area contributed by atoms with E-state index in [1.165, 1.54) is 42.6 Å². The zero-order valence-electron chi connectivity index (χ0n) is 20.0. The molecule has 190 valence electrons. The maximum Gasteiger partial charge on any atom is 0.433 e. The molecule has 0 fully saturated rings. The summed E-state index contributed by atoms with van der Waals surface area (Å²) in [6.07, 6.45) is 1.63. The van der Waals surface area contributed by atoms with Gasteiger partial charge in [-0.25, -0.2) is 4.39 Å². The van der Waals surface area contributed by atoms with Gasteiger partial charge in [-0.3, -0.25) is 9.78 Å². The smallest absolute Gasteiger partial charge is 0.358 e. The molecule has 8 heteroatoms. The van der Waals surface area contributed by atoms with E-state index in [2.05, 4.69) is 27.8 Å². The molecule has 0 saturated carbocycles. The lowest BCUT2D eigenvalue weighted by Crippen LogP contribution is -2.36. The van der Waals surface area contributed by atoms with Crippen molar-refractivity contribution in [3.8, 4) is 0 Å². The monoisotopic (exact) mass is 499 g/mol. The number of carbonyl (C=O) groups excluding carboxylic acids is 1. The van der Waals surface area contributed by atoms with Gasteiger partial charge in [0.05, 0.1) is 0 Å². The fraction of sp³-hybridized carbons (Fsp3) is 0.357. The first kappa shape index (κ1) is 25.8. The number of nitrogens with zero attached hydrogens (tertiary/aromatic N) is 1. The summed E-state index contributed by atoms with van der Waals surface area (Å²) in [7, 11) is 1.53. The summed E-state index contributed by atoms with van der Waals surface area (Å²) >= 11 is 0. The number of nitrogens with one attached hydrogen (secondary N) is 2. The lowest BCUT2D eigenvalue weighted by atomic mass is 9.84. The summed E-state index contributed by atoms with van der Waals surface area (Å²) in [6, 6.07) is 13.9. The van der Waals surface area contributed by atoms with E-state index in [1.807, 2.05) is 6.07 Å². The lowest BCUT2D eigenvalue weighted by Gasteiger charge is -2.24. The summed E-state index contributed by atoms with van der Waals surface area (Å²) in [5.41, 5.74) is 3.99. The van der Waals surface area contributed by atoms with E-state index in [9.17, 15) is 22.4 Å². The third-order valence-corrected chi connectivity index (χ3v) is 6.75. The number of carbonyl (C=O) groups is 1. The molecule has 4 nitrogen and oxygen atoms in total. The van der Waals surface area contributed by atoms with Gasteiger partial charge < -0.3 is 10.6 Å². The molecule has 1 amide bonds. The predicted molar refractivity (Wildman–Crippen MR) is 130 cm³/mol. The van der Waals surface area contributed by atoms with Crippen LogP contribution < -0.4 is 10.6 Å². The average molecular weight is 500 g/mol. The summed E-state index contributed by atoms with van der Waals surface area (Å²) in [5.74, 6) is -0.863. The van der Waals surface area contributed by atoms with Crippen molar-refractivity contribution in [3.05, 3.63) is 100 Å². The highest BCUT2D eigenvalue weighted by atomic mass is 19.4. The highest BCUT2D eigenvalue weighted by Crippen LogP contribution is 2.33. The van der Waals surface area contributed by atoms with Crippen molar-refractivity contribution in [2.24, 2.45) is 0 Å². The van der Waals surface area contributed by atoms with Crippen molar-refractivity contribution in [2.45, 2.75) is 50.2 Å². The Labute approximate surface area is 208 Å². The molecule has 3 aromatic rings. The molecule has 1 aliphatic rings. The van der Waals surface area contributed by atoms with Crippen LogP contribution in [0.2, 0.25) is 0 Å². The van der Waals surface area contributed by atoms with E-state index in [1.54, 1.807) is 12.1 Å². The quantitative estimate of drug-likeness (QED) is 0.390. The number of halogens is 4. The minimum absolute atomic E-state index is 0.210. The topological polar surface area (TPSA) is 54.0 Å². The standard InChI is InChI=1S/C28H29F4N3O/c1-33-27(36)26(19-8-11-23(29)12-9-19)34-15-14-24(22-10-13-25(35-17-22)28(30,31)32)21-7-6-18-4-2-3-5-20(18)16-21/h6-13,16-17,24,26,34H,2-5,14-15H2,1H3,(H,33,36)/t24-,26+/m0/s1. The number of likely N-dealkylation sites (N-methyl/N-ethyl adjacent to an activating group) is 1. The fourth-order valence-corrected chi connectivity index (χ4v) is 4.81. The normalized spacial score (nSPS) is 15.1. The van der Waals surface area contributed by atoms with Gasteiger partial charge in [-0.05, 0) is 84.7 Å². The molecule has 1 aliphatic carbocycles. The summed E-state index contributed by atoms with van der Waals surface area (Å²) < 4.78 is 52.6. The van der Waals surface area contributed by atoms with Crippen molar-refractivity contribution in [3.63, 3.8) is 0 Å². The Bertz CT molecular complexity index is 1180. The first-order valence-corrected chi connectivity index (χ1v) is 12.1. The van der Waals surface area contributed by atoms with Gasteiger partial charge in [-0.15, -0.1) is 0 Å². The highest BCUT2D eigenvalue weighted by Gasteiger charge is 2.32. The Kier molecular flexibility index (Phi) is 8.04. The molecule has 1 aromatic heterocycles. The Balaban J connectivity index is 1.58. The average Bonchev–Trinajstić information content (AvgIpc) is 2.88. The van der Waals surface area contributed by atoms with Crippen LogP contribution in [0.4, 0.5) is 17.6 Å². The van der Waals surface area contributed by atoms with E-state index in [0.717, 1.165) is 37.3 Å². The third-order valence-electron chi connectivity index (χ3n) is 6.75. The second-order valence-electron chi connectivity index (χ2n) is 9.10. The Hall–Kier alpha value is -3.26. The van der Waals surface area contributed by atoms with Crippen molar-refractivity contribution < 1.29 is 22.4 Å². The predicted octanol–water partition coefficient (Wildman–Crippen LogP) is 5.72. The maximum absolute atomic E-state index is 13.4. The number of aromatic nitrogens is 1. The van der Waals surface area contributed by atoms with E-state index in [0.29, 0.717) is 24.1 Å². The van der Waals surface area contributed by atoms with Gasteiger partial charge in [0.2, 0.25) is 5.91 Å². The molecule has 4 rings (SSSR count). The largest absolute Gasteiger partial charge is 0.433 e. The Morgan fingerprint density at radius 1 is 0.944 bits per heavy atom. The minimum atomic E-state index is -4.50. The molecule has 1 heterocycles. The van der Waals surface area contributed by atoms with Crippen LogP contribution in [0.15, 0.2) is 60.8 Å². The molecule has 2 aromatic carbocycles. The van der Waals surface area contributed by atoms with E-state index < -0.39 is 23.7 Å². The second-order valence-corrected chi connectivity index (χ2v) is 9.10. The van der Waals surface area contributed by atoms with Gasteiger partial charge in [0.25, 0.3) is 0 Å². The first-order chi connectivity index (χ1) is 17.3. The fourth-order valence-electron chi connectivity index (χ4n) is 4.81. The molecule has 0 aliphatic heterocycles. The van der Waals surface area contributed by atoms with Crippen LogP contribution in [-0.2, 0) is 23.8 Å². The number of hydrogen-bond acceptors (Lipinski definition) is 3. The molecule has 0 unspecified atom stereocenters. The van der Waals surface area contributed by atoms with Crippen molar-refractivity contribution >= 4 is 5.91 Å². The number of pyridine rings is 1. The number of rotatable bonds is 8. The zero-order valence-corrected chi connectivity index (χ0v) is 20.0. The molecule has 2 atom stereocenters. The van der Waals surface area contributed by atoms with Crippen LogP contribution in [0.5, 0.6) is 0 Å². The number of benzene rings is 2. The van der Waals surface area contributed by atoms with E-state index in [-0.39, 0.29) is 11.8 Å². The Morgan fingerprint density at radius 2 is 1.61 bits per heavy atom. The van der Waals surface area contributed by atoms with Gasteiger partial charge >= 0.3 is 6.18 Å². The molecule has 2 N–H and O–H groups in total. The summed E-state index contributed by atoms with van der Waals surface area (Å²) in [4.78, 5) is 16.2. The number of aryl methyl sites for hydroxylation is 2. The van der Waals surface area contributed by atoms with E-state index >= 15 is 0 Å². The highest BCUT2D eigenvalue weighted by molar-refractivity contribution is 5.82. The van der Waals surface area contributed by atoms with Crippen molar-refractivity contribution in [1.29, 1.82) is 0 Å². The van der Waals surface area contributed by atoms with Gasteiger partial charge in [-0.1, -0.05) is 36.4 Å². The van der Waals surface area contributed by atoms with Crippen LogP contribution in [0.1, 0.15) is 64.7 Å². The van der Waals surface area contributed by atoms with Crippen LogP contribution in [0, 0.1) is 5.82 Å². The number of hydrogen-bond donors (Lipinski definition) is 2. The molecule has 0 spiro atoms. The molecule has 0 radical (unpaired) electrons. The number of amides is 1. The SMILES string of the molecule is CNC(=O)[C@H](NCC[C@H](c1ccc(C(F)(F)F)nc1)c1ccc2c(c1)CCCC2)c1ccc(F)cc1. The molecule has 0 bridgehead atoms. The number of fused-ring (bicyclic) bond motifs is 1. The molecule has 0 saturated heterocycles. The van der Waals surface area contributed by atoms with Crippen molar-refractivity contribution in [2.75, 3.05) is 13.6 Å². The van der Waals surface area contributed by atoms with Gasteiger partial charge in [-0.2, -0.15) is 13.2 Å². The van der Waals surface area contributed by atoms with E-state index in [4.69, 9.17) is 0 Å². The summed E-state index contributed by atoms with van der Waals surface area (Å²) in [5, 5.41) is 5.86. The Morgan fingerprint density at radius 3 is 2.25 bits per heavy atom. The molecular weight excluding hydrogens is 470 g/mol.